The first-order chi connectivity index (χ1) is 6.09. The van der Waals surface area contributed by atoms with Gasteiger partial charge in [-0.25, -0.2) is 13.7 Å². The van der Waals surface area contributed by atoms with Gasteiger partial charge in [-0.15, -0.1) is 0 Å². The lowest BCUT2D eigenvalue weighted by Crippen LogP contribution is -2.23. The van der Waals surface area contributed by atoms with Gasteiger partial charge in [0.1, 0.15) is 0 Å². The standard InChI is InChI=1S/C8H9NO3S/c1-6-2-4-7(5-3-6)13(12)9-8(10)11/h2-5,9H,1H3,(H,10,11). The average Bonchev–Trinajstić information content (AvgIpc) is 2.04. The number of hydrogen-bond donors (Lipinski definition) is 2. The summed E-state index contributed by atoms with van der Waals surface area (Å²) in [6.45, 7) is 1.90. The summed E-state index contributed by atoms with van der Waals surface area (Å²) in [6.07, 6.45) is -1.29. The first-order valence-corrected chi connectivity index (χ1v) is 4.72. The number of benzene rings is 1. The number of amides is 1. The number of carbonyl (C=O) groups is 1. The summed E-state index contributed by atoms with van der Waals surface area (Å²) in [7, 11) is -1.67. The molecule has 2 N–H and O–H groups in total. The van der Waals surface area contributed by atoms with Crippen LogP contribution in [0.15, 0.2) is 29.2 Å². The maximum absolute atomic E-state index is 11.2. The highest BCUT2D eigenvalue weighted by Crippen LogP contribution is 2.05. The quantitative estimate of drug-likeness (QED) is 0.754. The zero-order chi connectivity index (χ0) is 9.84. The molecule has 1 aromatic rings. The monoisotopic (exact) mass is 199 g/mol. The molecule has 0 saturated heterocycles. The third-order valence-electron chi connectivity index (χ3n) is 1.42. The molecular formula is C8H9NO3S. The van der Waals surface area contributed by atoms with Crippen LogP contribution < -0.4 is 4.72 Å². The molecule has 0 aromatic heterocycles. The Balaban J connectivity index is 2.78. The van der Waals surface area contributed by atoms with Crippen LogP contribution in [-0.2, 0) is 11.0 Å². The molecule has 0 aliphatic rings. The molecule has 0 spiro atoms. The minimum Gasteiger partial charge on any atom is -0.464 e. The Labute approximate surface area is 78.2 Å². The van der Waals surface area contributed by atoms with E-state index in [2.05, 4.69) is 0 Å². The molecule has 1 atom stereocenters. The highest BCUT2D eigenvalue weighted by molar-refractivity contribution is 7.83. The fourth-order valence-corrected chi connectivity index (χ4v) is 1.46. The van der Waals surface area contributed by atoms with E-state index in [0.717, 1.165) is 5.56 Å². The van der Waals surface area contributed by atoms with Gasteiger partial charge in [0.2, 0.25) is 0 Å². The Bertz CT molecular complexity index is 334. The lowest BCUT2D eigenvalue weighted by atomic mass is 10.2. The van der Waals surface area contributed by atoms with E-state index in [1.807, 2.05) is 11.6 Å². The average molecular weight is 199 g/mol. The van der Waals surface area contributed by atoms with Gasteiger partial charge < -0.3 is 5.11 Å². The van der Waals surface area contributed by atoms with Crippen LogP contribution in [0.4, 0.5) is 4.79 Å². The number of rotatable bonds is 2. The molecule has 0 saturated carbocycles. The molecule has 0 aliphatic carbocycles. The van der Waals surface area contributed by atoms with Crippen molar-refractivity contribution in [2.45, 2.75) is 11.8 Å². The van der Waals surface area contributed by atoms with Crippen molar-refractivity contribution in [3.05, 3.63) is 29.8 Å². The van der Waals surface area contributed by atoms with Crippen molar-refractivity contribution in [3.63, 3.8) is 0 Å². The highest BCUT2D eigenvalue weighted by atomic mass is 32.2. The van der Waals surface area contributed by atoms with Gasteiger partial charge in [0.25, 0.3) is 0 Å². The van der Waals surface area contributed by atoms with Gasteiger partial charge in [-0.1, -0.05) is 17.7 Å². The first kappa shape index (κ1) is 9.73. The van der Waals surface area contributed by atoms with Crippen molar-refractivity contribution in [2.24, 2.45) is 0 Å². The van der Waals surface area contributed by atoms with E-state index in [0.29, 0.717) is 4.90 Å². The fraction of sp³-hybridized carbons (Fsp3) is 0.125. The van der Waals surface area contributed by atoms with Crippen molar-refractivity contribution >= 4 is 17.1 Å². The summed E-state index contributed by atoms with van der Waals surface area (Å²) >= 11 is 0. The second kappa shape index (κ2) is 4.04. The Hall–Kier alpha value is -1.36. The lowest BCUT2D eigenvalue weighted by molar-refractivity contribution is 0.201. The minimum absolute atomic E-state index is 0.452. The maximum atomic E-state index is 11.2. The van der Waals surface area contributed by atoms with Crippen molar-refractivity contribution in [2.75, 3.05) is 0 Å². The predicted octanol–water partition coefficient (Wildman–Crippen LogP) is 1.29. The number of carboxylic acid groups (broad SMARTS) is 1. The molecule has 1 aromatic carbocycles. The second-order valence-electron chi connectivity index (χ2n) is 2.49. The summed E-state index contributed by atoms with van der Waals surface area (Å²) in [4.78, 5) is 10.6. The van der Waals surface area contributed by atoms with E-state index in [-0.39, 0.29) is 0 Å². The van der Waals surface area contributed by atoms with Crippen LogP contribution in [0.25, 0.3) is 0 Å². The van der Waals surface area contributed by atoms with Crippen LogP contribution in [0.3, 0.4) is 0 Å². The molecule has 1 unspecified atom stereocenters. The van der Waals surface area contributed by atoms with Gasteiger partial charge in [0.15, 0.2) is 11.0 Å². The van der Waals surface area contributed by atoms with Crippen molar-refractivity contribution in [3.8, 4) is 0 Å². The molecule has 5 heteroatoms. The summed E-state index contributed by atoms with van der Waals surface area (Å²) in [5, 5.41) is 8.30. The lowest BCUT2D eigenvalue weighted by Gasteiger charge is -2.00. The molecule has 0 aliphatic heterocycles. The molecule has 1 rings (SSSR count). The van der Waals surface area contributed by atoms with Crippen LogP contribution in [0.5, 0.6) is 0 Å². The first-order valence-electron chi connectivity index (χ1n) is 3.57. The zero-order valence-electron chi connectivity index (χ0n) is 6.98. The number of hydrogen-bond acceptors (Lipinski definition) is 2. The molecule has 0 heterocycles. The third-order valence-corrected chi connectivity index (χ3v) is 2.48. The third kappa shape index (κ3) is 2.87. The van der Waals surface area contributed by atoms with E-state index in [1.165, 1.54) is 0 Å². The Morgan fingerprint density at radius 2 is 1.92 bits per heavy atom. The maximum Gasteiger partial charge on any atom is 0.416 e. The Morgan fingerprint density at radius 3 is 2.38 bits per heavy atom. The van der Waals surface area contributed by atoms with Gasteiger partial charge in [-0.05, 0) is 19.1 Å². The molecule has 0 radical (unpaired) electrons. The zero-order valence-corrected chi connectivity index (χ0v) is 7.80. The van der Waals surface area contributed by atoms with Crippen molar-refractivity contribution < 1.29 is 14.1 Å². The van der Waals surface area contributed by atoms with Gasteiger partial charge in [-0.2, -0.15) is 0 Å². The second-order valence-corrected chi connectivity index (χ2v) is 3.70. The molecule has 4 nitrogen and oxygen atoms in total. The number of nitrogens with one attached hydrogen (secondary N) is 1. The Morgan fingerprint density at radius 1 is 1.38 bits per heavy atom. The van der Waals surface area contributed by atoms with Crippen LogP contribution in [0.1, 0.15) is 5.56 Å². The van der Waals surface area contributed by atoms with E-state index in [9.17, 15) is 9.00 Å². The van der Waals surface area contributed by atoms with E-state index in [4.69, 9.17) is 5.11 Å². The van der Waals surface area contributed by atoms with E-state index in [1.54, 1.807) is 24.3 Å². The number of aryl methyl sites for hydroxylation is 1. The van der Waals surface area contributed by atoms with Crippen LogP contribution in [0, 0.1) is 6.92 Å². The van der Waals surface area contributed by atoms with Crippen LogP contribution >= 0.6 is 0 Å². The Kier molecular flexibility index (Phi) is 3.02. The largest absolute Gasteiger partial charge is 0.464 e. The summed E-state index contributed by atoms with van der Waals surface area (Å²) in [5.74, 6) is 0. The van der Waals surface area contributed by atoms with E-state index >= 15 is 0 Å². The van der Waals surface area contributed by atoms with E-state index < -0.39 is 17.1 Å². The topological polar surface area (TPSA) is 66.4 Å². The van der Waals surface area contributed by atoms with Gasteiger partial charge >= 0.3 is 6.09 Å². The molecule has 0 bridgehead atoms. The molecule has 13 heavy (non-hydrogen) atoms. The normalized spacial score (nSPS) is 12.1. The van der Waals surface area contributed by atoms with Crippen molar-refractivity contribution in [1.29, 1.82) is 0 Å². The van der Waals surface area contributed by atoms with Crippen molar-refractivity contribution in [1.82, 2.24) is 4.72 Å². The SMILES string of the molecule is Cc1ccc(S(=O)NC(=O)O)cc1. The molecular weight excluding hydrogens is 190 g/mol. The minimum atomic E-state index is -1.67. The van der Waals surface area contributed by atoms with Gasteiger partial charge in [-0.3, -0.25) is 0 Å². The molecule has 70 valence electrons. The molecule has 0 fully saturated rings. The summed E-state index contributed by atoms with van der Waals surface area (Å²) in [6, 6.07) is 6.80. The highest BCUT2D eigenvalue weighted by Gasteiger charge is 2.05. The van der Waals surface area contributed by atoms with Crippen LogP contribution in [0.2, 0.25) is 0 Å². The summed E-state index contributed by atoms with van der Waals surface area (Å²) in [5.41, 5.74) is 1.04. The van der Waals surface area contributed by atoms with Gasteiger partial charge in [0.05, 0.1) is 4.90 Å². The van der Waals surface area contributed by atoms with Crippen LogP contribution in [-0.4, -0.2) is 15.4 Å². The fourth-order valence-electron chi connectivity index (χ4n) is 0.800. The smallest absolute Gasteiger partial charge is 0.416 e. The predicted molar refractivity (Wildman–Crippen MR) is 48.7 cm³/mol. The summed E-state index contributed by atoms with van der Waals surface area (Å²) < 4.78 is 13.1. The van der Waals surface area contributed by atoms with Gasteiger partial charge in [0, 0.05) is 0 Å². The molecule has 1 amide bonds.